The van der Waals surface area contributed by atoms with E-state index in [-0.39, 0.29) is 23.8 Å². The lowest BCUT2D eigenvalue weighted by Crippen LogP contribution is -2.29. The number of amides is 1. The topological polar surface area (TPSA) is 97.0 Å². The zero-order chi connectivity index (χ0) is 23.3. The van der Waals surface area contributed by atoms with Crippen molar-refractivity contribution in [2.75, 3.05) is 43.1 Å². The van der Waals surface area contributed by atoms with Crippen LogP contribution in [0.25, 0.3) is 0 Å². The number of hydrogen-bond acceptors (Lipinski definition) is 6. The summed E-state index contributed by atoms with van der Waals surface area (Å²) >= 11 is 6.44. The molecular weight excluding hydrogens is 466 g/mol. The molecule has 0 spiro atoms. The average molecular weight is 494 g/mol. The van der Waals surface area contributed by atoms with Crippen molar-refractivity contribution in [2.45, 2.75) is 37.0 Å². The van der Waals surface area contributed by atoms with Gasteiger partial charge in [-0.15, -0.1) is 0 Å². The molecule has 2 aromatic rings. The number of ether oxygens (including phenoxy) is 2. The lowest BCUT2D eigenvalue weighted by molar-refractivity contribution is -0.116. The molecule has 0 aromatic heterocycles. The molecule has 0 saturated carbocycles. The standard InChI is InChI=1S/C23H28ClN3O5S/c24-19-15-17(5-7-20(19)27-11-2-1-3-12-27)26-23(28)9-10-25-33(29,30)18-6-8-21-22(16-18)32-14-4-13-31-21/h5-8,15-16,25H,1-4,9-14H2,(H,26,28). The van der Waals surface area contributed by atoms with E-state index in [9.17, 15) is 13.2 Å². The maximum atomic E-state index is 12.6. The van der Waals surface area contributed by atoms with Gasteiger partial charge < -0.3 is 19.7 Å². The quantitative estimate of drug-likeness (QED) is 0.609. The van der Waals surface area contributed by atoms with Crippen molar-refractivity contribution in [2.24, 2.45) is 0 Å². The van der Waals surface area contributed by atoms with Crippen molar-refractivity contribution >= 4 is 38.9 Å². The minimum atomic E-state index is -3.79. The number of rotatable bonds is 7. The van der Waals surface area contributed by atoms with Crippen molar-refractivity contribution in [3.63, 3.8) is 0 Å². The summed E-state index contributed by atoms with van der Waals surface area (Å²) in [5, 5.41) is 3.36. The molecule has 0 aliphatic carbocycles. The summed E-state index contributed by atoms with van der Waals surface area (Å²) in [6.07, 6.45) is 4.25. The maximum absolute atomic E-state index is 12.6. The zero-order valence-corrected chi connectivity index (χ0v) is 19.9. The van der Waals surface area contributed by atoms with E-state index in [2.05, 4.69) is 14.9 Å². The van der Waals surface area contributed by atoms with Gasteiger partial charge in [-0.05, 0) is 49.6 Å². The Labute approximate surface area is 199 Å². The molecule has 33 heavy (non-hydrogen) atoms. The number of nitrogens with one attached hydrogen (secondary N) is 2. The Morgan fingerprint density at radius 3 is 2.48 bits per heavy atom. The highest BCUT2D eigenvalue weighted by molar-refractivity contribution is 7.89. The van der Waals surface area contributed by atoms with Crippen LogP contribution in [0.15, 0.2) is 41.3 Å². The lowest BCUT2D eigenvalue weighted by atomic mass is 10.1. The van der Waals surface area contributed by atoms with Gasteiger partial charge in [0.1, 0.15) is 0 Å². The molecule has 0 atom stereocenters. The third kappa shape index (κ3) is 6.10. The van der Waals surface area contributed by atoms with Crippen molar-refractivity contribution in [3.8, 4) is 11.5 Å². The predicted octanol–water partition coefficient (Wildman–Crippen LogP) is 3.80. The van der Waals surface area contributed by atoms with E-state index < -0.39 is 10.0 Å². The highest BCUT2D eigenvalue weighted by Crippen LogP contribution is 2.32. The second-order valence-corrected chi connectivity index (χ2v) is 10.2. The summed E-state index contributed by atoms with van der Waals surface area (Å²) in [7, 11) is -3.79. The van der Waals surface area contributed by atoms with Crippen LogP contribution in [0.4, 0.5) is 11.4 Å². The number of anilines is 2. The molecule has 2 heterocycles. The van der Waals surface area contributed by atoms with Crippen molar-refractivity contribution in [1.82, 2.24) is 4.72 Å². The summed E-state index contributed by atoms with van der Waals surface area (Å²) in [4.78, 5) is 14.6. The van der Waals surface area contributed by atoms with Crippen LogP contribution in [0, 0.1) is 0 Å². The van der Waals surface area contributed by atoms with Crippen molar-refractivity contribution in [3.05, 3.63) is 41.4 Å². The van der Waals surface area contributed by atoms with Crippen LogP contribution in [0.1, 0.15) is 32.1 Å². The molecule has 1 fully saturated rings. The summed E-state index contributed by atoms with van der Waals surface area (Å²) in [6, 6.07) is 9.94. The van der Waals surface area contributed by atoms with E-state index >= 15 is 0 Å². The van der Waals surface area contributed by atoms with Crippen molar-refractivity contribution < 1.29 is 22.7 Å². The van der Waals surface area contributed by atoms with E-state index in [1.54, 1.807) is 12.1 Å². The molecule has 2 aliphatic heterocycles. The van der Waals surface area contributed by atoms with Crippen LogP contribution in [0.5, 0.6) is 11.5 Å². The highest BCUT2D eigenvalue weighted by Gasteiger charge is 2.19. The van der Waals surface area contributed by atoms with Gasteiger partial charge >= 0.3 is 0 Å². The molecule has 2 aromatic carbocycles. The second kappa shape index (κ2) is 10.6. The fourth-order valence-corrected chi connectivity index (χ4v) is 5.24. The van der Waals surface area contributed by atoms with Crippen LogP contribution in [0.3, 0.4) is 0 Å². The number of carbonyl (C=O) groups excluding carboxylic acids is 1. The molecule has 2 aliphatic rings. The second-order valence-electron chi connectivity index (χ2n) is 8.07. The monoisotopic (exact) mass is 493 g/mol. The Kier molecular flexibility index (Phi) is 7.62. The summed E-state index contributed by atoms with van der Waals surface area (Å²) in [5.74, 6) is 0.618. The van der Waals surface area contributed by atoms with Gasteiger partial charge in [-0.1, -0.05) is 11.6 Å². The summed E-state index contributed by atoms with van der Waals surface area (Å²) in [5.41, 5.74) is 1.55. The first-order valence-electron chi connectivity index (χ1n) is 11.2. The minimum absolute atomic E-state index is 0.0186. The number of benzene rings is 2. The summed E-state index contributed by atoms with van der Waals surface area (Å²) < 4.78 is 38.8. The summed E-state index contributed by atoms with van der Waals surface area (Å²) in [6.45, 7) is 2.91. The van der Waals surface area contributed by atoms with Crippen LogP contribution in [-0.4, -0.2) is 47.2 Å². The third-order valence-electron chi connectivity index (χ3n) is 5.60. The normalized spacial score (nSPS) is 16.2. The maximum Gasteiger partial charge on any atom is 0.240 e. The fourth-order valence-electron chi connectivity index (χ4n) is 3.89. The lowest BCUT2D eigenvalue weighted by Gasteiger charge is -2.29. The van der Waals surface area contributed by atoms with Crippen LogP contribution in [0.2, 0.25) is 5.02 Å². The van der Waals surface area contributed by atoms with Gasteiger partial charge in [0.05, 0.1) is 28.8 Å². The third-order valence-corrected chi connectivity index (χ3v) is 7.36. The number of fused-ring (bicyclic) bond motifs is 1. The molecule has 0 bridgehead atoms. The largest absolute Gasteiger partial charge is 0.490 e. The first-order valence-corrected chi connectivity index (χ1v) is 13.0. The van der Waals surface area contributed by atoms with E-state index in [0.717, 1.165) is 38.0 Å². The Morgan fingerprint density at radius 1 is 0.970 bits per heavy atom. The molecule has 8 nitrogen and oxygen atoms in total. The minimum Gasteiger partial charge on any atom is -0.490 e. The predicted molar refractivity (Wildman–Crippen MR) is 128 cm³/mol. The molecule has 2 N–H and O–H groups in total. The number of sulfonamides is 1. The fraction of sp³-hybridized carbons (Fsp3) is 0.435. The zero-order valence-electron chi connectivity index (χ0n) is 18.3. The average Bonchev–Trinajstić information content (AvgIpc) is 3.04. The van der Waals surface area contributed by atoms with Gasteiger partial charge in [-0.25, -0.2) is 13.1 Å². The number of piperidine rings is 1. The molecule has 0 unspecified atom stereocenters. The van der Waals surface area contributed by atoms with Crippen LogP contribution in [-0.2, 0) is 14.8 Å². The Hall–Kier alpha value is -2.49. The van der Waals surface area contributed by atoms with E-state index in [1.807, 2.05) is 12.1 Å². The van der Waals surface area contributed by atoms with Gasteiger partial charge in [-0.2, -0.15) is 0 Å². The number of carbonyl (C=O) groups is 1. The van der Waals surface area contributed by atoms with Gasteiger partial charge in [-0.3, -0.25) is 4.79 Å². The molecule has 1 amide bonds. The van der Waals surface area contributed by atoms with Gasteiger partial charge in [0.25, 0.3) is 0 Å². The Bertz CT molecular complexity index is 1100. The first kappa shape index (κ1) is 23.7. The SMILES string of the molecule is O=C(CCNS(=O)(=O)c1ccc2c(c1)OCCCO2)Nc1ccc(N2CCCCC2)c(Cl)c1. The number of nitrogens with zero attached hydrogens (tertiary/aromatic N) is 1. The van der Waals surface area contributed by atoms with Gasteiger partial charge in [0.15, 0.2) is 11.5 Å². The van der Waals surface area contributed by atoms with E-state index in [0.29, 0.717) is 35.4 Å². The smallest absolute Gasteiger partial charge is 0.240 e. The Morgan fingerprint density at radius 2 is 1.73 bits per heavy atom. The highest BCUT2D eigenvalue weighted by atomic mass is 35.5. The molecule has 10 heteroatoms. The number of hydrogen-bond donors (Lipinski definition) is 2. The van der Waals surface area contributed by atoms with Crippen molar-refractivity contribution in [1.29, 1.82) is 0 Å². The Balaban J connectivity index is 1.30. The van der Waals surface area contributed by atoms with Gasteiger partial charge in [0, 0.05) is 44.2 Å². The van der Waals surface area contributed by atoms with Crippen LogP contribution < -0.4 is 24.4 Å². The number of halogens is 1. The first-order chi connectivity index (χ1) is 15.9. The molecule has 1 saturated heterocycles. The van der Waals surface area contributed by atoms with Gasteiger partial charge in [0.2, 0.25) is 15.9 Å². The molecule has 178 valence electrons. The molecular formula is C23H28ClN3O5S. The van der Waals surface area contributed by atoms with Crippen LogP contribution >= 0.6 is 11.6 Å². The van der Waals surface area contributed by atoms with E-state index in [4.69, 9.17) is 21.1 Å². The van der Waals surface area contributed by atoms with E-state index in [1.165, 1.54) is 18.6 Å². The molecule has 4 rings (SSSR count). The molecule has 0 radical (unpaired) electrons.